The van der Waals surface area contributed by atoms with Crippen molar-refractivity contribution in [1.82, 2.24) is 4.90 Å². The first-order valence-corrected chi connectivity index (χ1v) is 10.3. The van der Waals surface area contributed by atoms with Crippen LogP contribution in [-0.2, 0) is 27.1 Å². The molecule has 0 spiro atoms. The van der Waals surface area contributed by atoms with E-state index in [1.54, 1.807) is 18.3 Å². The zero-order valence-corrected chi connectivity index (χ0v) is 16.5. The molecule has 1 aromatic rings. The largest absolute Gasteiger partial charge is 0.462 e. The maximum absolute atomic E-state index is 12.5. The number of fused-ring (bicyclic) bond motifs is 1. The lowest BCUT2D eigenvalue weighted by molar-refractivity contribution is -0.116. The molecular weight excluding hydrogens is 352 g/mol. The van der Waals surface area contributed by atoms with Gasteiger partial charge in [0.25, 0.3) is 0 Å². The van der Waals surface area contributed by atoms with Crippen LogP contribution in [0.1, 0.15) is 47.5 Å². The lowest BCUT2D eigenvalue weighted by atomic mass is 9.88. The van der Waals surface area contributed by atoms with E-state index in [0.29, 0.717) is 36.1 Å². The first-order valence-electron chi connectivity index (χ1n) is 9.50. The normalized spacial score (nSPS) is 20.5. The van der Waals surface area contributed by atoms with E-state index in [0.717, 1.165) is 51.1 Å². The topological polar surface area (TPSA) is 67.9 Å². The number of morpholine rings is 1. The van der Waals surface area contributed by atoms with Gasteiger partial charge in [0, 0.05) is 30.9 Å². The van der Waals surface area contributed by atoms with Gasteiger partial charge in [-0.05, 0) is 37.7 Å². The number of anilines is 1. The molecule has 0 aromatic carbocycles. The van der Waals surface area contributed by atoms with Gasteiger partial charge in [0.15, 0.2) is 0 Å². The van der Waals surface area contributed by atoms with Crippen LogP contribution in [0.2, 0.25) is 0 Å². The minimum absolute atomic E-state index is 0.0475. The quantitative estimate of drug-likeness (QED) is 0.769. The van der Waals surface area contributed by atoms with Crippen molar-refractivity contribution in [3.63, 3.8) is 0 Å². The van der Waals surface area contributed by atoms with Crippen molar-refractivity contribution >= 4 is 28.2 Å². The highest BCUT2D eigenvalue weighted by molar-refractivity contribution is 7.17. The summed E-state index contributed by atoms with van der Waals surface area (Å²) in [6.07, 6.45) is 3.34. The van der Waals surface area contributed by atoms with Gasteiger partial charge >= 0.3 is 5.97 Å². The third kappa shape index (κ3) is 4.64. The van der Waals surface area contributed by atoms with Crippen molar-refractivity contribution in [3.05, 3.63) is 16.0 Å². The van der Waals surface area contributed by atoms with Crippen LogP contribution >= 0.6 is 11.3 Å². The molecule has 1 atom stereocenters. The molecule has 2 aliphatic rings. The molecule has 1 amide bonds. The van der Waals surface area contributed by atoms with Crippen LogP contribution in [0.3, 0.4) is 0 Å². The van der Waals surface area contributed by atoms with E-state index >= 15 is 0 Å². The summed E-state index contributed by atoms with van der Waals surface area (Å²) in [6.45, 7) is 8.27. The number of nitrogens with one attached hydrogen (secondary N) is 1. The van der Waals surface area contributed by atoms with E-state index < -0.39 is 0 Å². The Morgan fingerprint density at radius 2 is 2.12 bits per heavy atom. The van der Waals surface area contributed by atoms with Crippen molar-refractivity contribution in [2.24, 2.45) is 5.92 Å². The monoisotopic (exact) mass is 380 g/mol. The summed E-state index contributed by atoms with van der Waals surface area (Å²) in [5.41, 5.74) is 1.66. The summed E-state index contributed by atoms with van der Waals surface area (Å²) in [7, 11) is 0. The number of ether oxygens (including phenoxy) is 2. The Morgan fingerprint density at radius 1 is 1.35 bits per heavy atom. The first kappa shape index (κ1) is 19.3. The molecule has 1 aliphatic carbocycles. The predicted octanol–water partition coefficient (Wildman–Crippen LogP) is 2.71. The third-order valence-electron chi connectivity index (χ3n) is 5.00. The number of thiophene rings is 1. The Bertz CT molecular complexity index is 652. The summed E-state index contributed by atoms with van der Waals surface area (Å²) in [5, 5.41) is 3.64. The van der Waals surface area contributed by atoms with Gasteiger partial charge < -0.3 is 14.8 Å². The van der Waals surface area contributed by atoms with Gasteiger partial charge in [0.1, 0.15) is 5.00 Å². The Labute approximate surface area is 158 Å². The molecule has 3 rings (SSSR count). The molecule has 0 saturated carbocycles. The number of esters is 1. The number of amides is 1. The molecule has 1 aromatic heterocycles. The van der Waals surface area contributed by atoms with Gasteiger partial charge in [0.2, 0.25) is 5.91 Å². The van der Waals surface area contributed by atoms with E-state index in [4.69, 9.17) is 9.47 Å². The van der Waals surface area contributed by atoms with Crippen molar-refractivity contribution < 1.29 is 19.1 Å². The van der Waals surface area contributed by atoms with Crippen LogP contribution in [0.4, 0.5) is 5.00 Å². The van der Waals surface area contributed by atoms with Gasteiger partial charge in [-0.1, -0.05) is 6.92 Å². The van der Waals surface area contributed by atoms with Crippen LogP contribution in [0.25, 0.3) is 0 Å². The second-order valence-corrected chi connectivity index (χ2v) is 8.13. The van der Waals surface area contributed by atoms with Crippen molar-refractivity contribution in [1.29, 1.82) is 0 Å². The average Bonchev–Trinajstić information content (AvgIpc) is 2.98. The zero-order chi connectivity index (χ0) is 18.5. The van der Waals surface area contributed by atoms with E-state index in [1.165, 1.54) is 4.88 Å². The van der Waals surface area contributed by atoms with Crippen molar-refractivity contribution in [3.8, 4) is 0 Å². The smallest absolute Gasteiger partial charge is 0.341 e. The summed E-state index contributed by atoms with van der Waals surface area (Å²) >= 11 is 1.54. The number of carbonyl (C=O) groups is 2. The fraction of sp³-hybridized carbons (Fsp3) is 0.684. The molecule has 26 heavy (non-hydrogen) atoms. The highest BCUT2D eigenvalue weighted by Crippen LogP contribution is 2.40. The van der Waals surface area contributed by atoms with Crippen LogP contribution < -0.4 is 5.32 Å². The van der Waals surface area contributed by atoms with Crippen molar-refractivity contribution in [2.45, 2.75) is 39.5 Å². The van der Waals surface area contributed by atoms with Gasteiger partial charge in [-0.2, -0.15) is 0 Å². The number of rotatable bonds is 6. The fourth-order valence-electron chi connectivity index (χ4n) is 3.53. The molecule has 1 aliphatic heterocycles. The second kappa shape index (κ2) is 8.97. The van der Waals surface area contributed by atoms with Crippen molar-refractivity contribution in [2.75, 3.05) is 44.8 Å². The molecule has 6 nitrogen and oxygen atoms in total. The molecule has 0 radical (unpaired) electrons. The SMILES string of the molecule is CCOC(=O)c1c(NC(=O)CCN2CCOCC2)sc2c1CC[C@@H](C)C2. The molecule has 7 heteroatoms. The summed E-state index contributed by atoms with van der Waals surface area (Å²) < 4.78 is 10.6. The number of hydrogen-bond donors (Lipinski definition) is 1. The highest BCUT2D eigenvalue weighted by atomic mass is 32.1. The van der Waals surface area contributed by atoms with Gasteiger partial charge in [-0.15, -0.1) is 11.3 Å². The Kier molecular flexibility index (Phi) is 6.67. The fourth-order valence-corrected chi connectivity index (χ4v) is 4.95. The number of nitrogens with zero attached hydrogens (tertiary/aromatic N) is 1. The maximum Gasteiger partial charge on any atom is 0.341 e. The van der Waals surface area contributed by atoms with E-state index in [1.807, 2.05) is 0 Å². The van der Waals surface area contributed by atoms with Crippen LogP contribution in [0, 0.1) is 5.92 Å². The zero-order valence-electron chi connectivity index (χ0n) is 15.6. The highest BCUT2D eigenvalue weighted by Gasteiger charge is 2.29. The molecule has 144 valence electrons. The Hall–Kier alpha value is -1.44. The second-order valence-electron chi connectivity index (χ2n) is 7.03. The van der Waals surface area contributed by atoms with E-state index in [2.05, 4.69) is 17.1 Å². The predicted molar refractivity (Wildman–Crippen MR) is 102 cm³/mol. The molecule has 0 unspecified atom stereocenters. The Morgan fingerprint density at radius 3 is 2.85 bits per heavy atom. The van der Waals surface area contributed by atoms with E-state index in [-0.39, 0.29) is 11.9 Å². The number of carbonyl (C=O) groups excluding carboxylic acids is 2. The minimum Gasteiger partial charge on any atom is -0.462 e. The Balaban J connectivity index is 1.69. The molecule has 1 saturated heterocycles. The lowest BCUT2D eigenvalue weighted by Gasteiger charge is -2.26. The minimum atomic E-state index is -0.317. The summed E-state index contributed by atoms with van der Waals surface area (Å²) in [4.78, 5) is 28.4. The molecule has 0 bridgehead atoms. The lowest BCUT2D eigenvalue weighted by Crippen LogP contribution is -2.38. The number of hydrogen-bond acceptors (Lipinski definition) is 6. The van der Waals surface area contributed by atoms with Crippen LogP contribution in [0.5, 0.6) is 0 Å². The van der Waals surface area contributed by atoms with Gasteiger partial charge in [-0.25, -0.2) is 4.79 Å². The molecule has 1 fully saturated rings. The molecule has 1 N–H and O–H groups in total. The summed E-state index contributed by atoms with van der Waals surface area (Å²) in [6, 6.07) is 0. The van der Waals surface area contributed by atoms with Crippen LogP contribution in [0.15, 0.2) is 0 Å². The van der Waals surface area contributed by atoms with Gasteiger partial charge in [-0.3, -0.25) is 9.69 Å². The van der Waals surface area contributed by atoms with E-state index in [9.17, 15) is 9.59 Å². The molecule has 2 heterocycles. The van der Waals surface area contributed by atoms with Gasteiger partial charge in [0.05, 0.1) is 25.4 Å². The standard InChI is InChI=1S/C19H28N2O4S/c1-3-25-19(23)17-14-5-4-13(2)12-15(14)26-18(17)20-16(22)6-7-21-8-10-24-11-9-21/h13H,3-12H2,1-2H3,(H,20,22)/t13-/m1/s1. The first-order chi connectivity index (χ1) is 12.6. The van der Waals surface area contributed by atoms with Crippen LogP contribution in [-0.4, -0.2) is 56.2 Å². The molecular formula is C19H28N2O4S. The summed E-state index contributed by atoms with van der Waals surface area (Å²) in [5.74, 6) is 0.248. The average molecular weight is 381 g/mol. The third-order valence-corrected chi connectivity index (χ3v) is 6.17. The maximum atomic E-state index is 12.5.